The molecule has 0 fully saturated rings. The Balaban J connectivity index is 2.61. The van der Waals surface area contributed by atoms with E-state index in [-0.39, 0.29) is 0 Å². The number of allylic oxidation sites excluding steroid dienone is 2. The Hall–Kier alpha value is -1.11. The molecule has 0 bridgehead atoms. The maximum absolute atomic E-state index is 2.25. The van der Waals surface area contributed by atoms with Crippen LogP contribution in [0.3, 0.4) is 0 Å². The van der Waals surface area contributed by atoms with Crippen molar-refractivity contribution in [1.82, 2.24) is 0 Å². The zero-order valence-electron chi connectivity index (χ0n) is 6.04. The van der Waals surface area contributed by atoms with E-state index in [1.54, 1.807) is 0 Å². The van der Waals surface area contributed by atoms with E-state index in [1.165, 1.54) is 11.4 Å². The highest BCUT2D eigenvalue weighted by Gasteiger charge is 2.16. The molecule has 0 spiro atoms. The molecule has 0 amide bonds. The zero-order chi connectivity index (χ0) is 6.97. The predicted molar refractivity (Wildman–Crippen MR) is 40.3 cm³/mol. The number of hydrogen-bond acceptors (Lipinski definition) is 0. The molecule has 1 aliphatic rings. The molecule has 2 rings (SSSR count). The first-order valence-electron chi connectivity index (χ1n) is 3.54. The molecule has 2 heterocycles. The molecule has 0 unspecified atom stereocenters. The van der Waals surface area contributed by atoms with Crippen molar-refractivity contribution in [3.63, 3.8) is 0 Å². The van der Waals surface area contributed by atoms with Crippen LogP contribution in [0.25, 0.3) is 5.70 Å². The van der Waals surface area contributed by atoms with E-state index in [2.05, 4.69) is 42.0 Å². The lowest BCUT2D eigenvalue weighted by atomic mass is 10.3. The fraction of sp³-hybridized carbons (Fsp3) is 0.222. The first kappa shape index (κ1) is 5.66. The molecule has 1 nitrogen and oxygen atoms in total. The van der Waals surface area contributed by atoms with Gasteiger partial charge in [0.1, 0.15) is 0 Å². The average Bonchev–Trinajstić information content (AvgIpc) is 2.34. The van der Waals surface area contributed by atoms with E-state index >= 15 is 0 Å². The lowest BCUT2D eigenvalue weighted by Crippen LogP contribution is -2.31. The largest absolute Gasteiger partial charge is 0.191 e. The second-order valence-corrected chi connectivity index (χ2v) is 2.61. The second-order valence-electron chi connectivity index (χ2n) is 2.61. The predicted octanol–water partition coefficient (Wildman–Crippen LogP) is 1.39. The van der Waals surface area contributed by atoms with Gasteiger partial charge in [-0.05, 0) is 6.08 Å². The van der Waals surface area contributed by atoms with Gasteiger partial charge in [0.25, 0.3) is 0 Å². The molecule has 0 saturated heterocycles. The van der Waals surface area contributed by atoms with Gasteiger partial charge in [-0.2, -0.15) is 4.57 Å². The first-order chi connectivity index (χ1) is 4.88. The summed E-state index contributed by atoms with van der Waals surface area (Å²) in [4.78, 5) is 0. The third-order valence-electron chi connectivity index (χ3n) is 1.93. The molecule has 0 aliphatic carbocycles. The second kappa shape index (κ2) is 1.94. The third-order valence-corrected chi connectivity index (χ3v) is 1.93. The maximum Gasteiger partial charge on any atom is 0.191 e. The van der Waals surface area contributed by atoms with Gasteiger partial charge in [0, 0.05) is 19.1 Å². The van der Waals surface area contributed by atoms with Gasteiger partial charge >= 0.3 is 0 Å². The van der Waals surface area contributed by atoms with E-state index in [1.807, 2.05) is 0 Å². The van der Waals surface area contributed by atoms with Crippen LogP contribution in [0.5, 0.6) is 0 Å². The molecular formula is C9H10N+. The van der Waals surface area contributed by atoms with Crippen molar-refractivity contribution in [3.8, 4) is 0 Å². The summed E-state index contributed by atoms with van der Waals surface area (Å²) < 4.78 is 2.22. The summed E-state index contributed by atoms with van der Waals surface area (Å²) in [5, 5.41) is 0. The van der Waals surface area contributed by atoms with E-state index in [9.17, 15) is 0 Å². The lowest BCUT2D eigenvalue weighted by molar-refractivity contribution is -0.584. The molecule has 1 heteroatoms. The minimum atomic E-state index is 1.09. The third kappa shape index (κ3) is 0.670. The highest BCUT2D eigenvalue weighted by molar-refractivity contribution is 5.35. The smallest absolute Gasteiger partial charge is 0.169 e. The summed E-state index contributed by atoms with van der Waals surface area (Å²) in [5.41, 5.74) is 2.73. The molecule has 0 atom stereocenters. The van der Waals surface area contributed by atoms with Crippen LogP contribution in [-0.2, 0) is 6.42 Å². The quantitative estimate of drug-likeness (QED) is 0.470. The van der Waals surface area contributed by atoms with Gasteiger partial charge < -0.3 is 0 Å². The minimum Gasteiger partial charge on any atom is -0.169 e. The Bertz CT molecular complexity index is 287. The normalized spacial score (nSPS) is 14.7. The van der Waals surface area contributed by atoms with Gasteiger partial charge in [0.05, 0.1) is 6.42 Å². The molecule has 1 aromatic rings. The molecule has 0 aromatic carbocycles. The monoisotopic (exact) mass is 132 g/mol. The number of hydrogen-bond donors (Lipinski definition) is 0. The number of pyridine rings is 1. The van der Waals surface area contributed by atoms with Gasteiger partial charge in [0.15, 0.2) is 17.6 Å². The van der Waals surface area contributed by atoms with Crippen molar-refractivity contribution in [2.75, 3.05) is 0 Å². The molecule has 0 saturated carbocycles. The summed E-state index contributed by atoms with van der Waals surface area (Å²) in [6, 6.07) is 6.30. The van der Waals surface area contributed by atoms with Crippen molar-refractivity contribution < 1.29 is 4.57 Å². The average molecular weight is 132 g/mol. The van der Waals surface area contributed by atoms with Crippen molar-refractivity contribution in [1.29, 1.82) is 0 Å². The fourth-order valence-corrected chi connectivity index (χ4v) is 1.34. The van der Waals surface area contributed by atoms with Crippen molar-refractivity contribution in [3.05, 3.63) is 36.2 Å². The highest BCUT2D eigenvalue weighted by atomic mass is 15.0. The summed E-state index contributed by atoms with van der Waals surface area (Å²) in [6.07, 6.45) is 5.44. The maximum atomic E-state index is 2.25. The molecule has 1 aromatic heterocycles. The van der Waals surface area contributed by atoms with E-state index in [0.29, 0.717) is 0 Å². The molecule has 10 heavy (non-hydrogen) atoms. The lowest BCUT2D eigenvalue weighted by Gasteiger charge is -1.90. The van der Waals surface area contributed by atoms with E-state index < -0.39 is 0 Å². The van der Waals surface area contributed by atoms with Gasteiger partial charge in [-0.15, -0.1) is 0 Å². The summed E-state index contributed by atoms with van der Waals surface area (Å²) in [6.45, 7) is 2.14. The highest BCUT2D eigenvalue weighted by Crippen LogP contribution is 2.07. The van der Waals surface area contributed by atoms with Gasteiger partial charge in [0.2, 0.25) is 0 Å². The summed E-state index contributed by atoms with van der Waals surface area (Å²) in [7, 11) is 0. The van der Waals surface area contributed by atoms with Crippen molar-refractivity contribution in [2.24, 2.45) is 0 Å². The molecule has 50 valence electrons. The minimum absolute atomic E-state index is 1.09. The van der Waals surface area contributed by atoms with Crippen LogP contribution < -0.4 is 4.57 Å². The Kier molecular flexibility index (Phi) is 1.10. The molecule has 1 aliphatic heterocycles. The Labute approximate surface area is 60.6 Å². The number of rotatable bonds is 0. The zero-order valence-corrected chi connectivity index (χ0v) is 6.04. The van der Waals surface area contributed by atoms with Gasteiger partial charge in [-0.25, -0.2) is 0 Å². The van der Waals surface area contributed by atoms with Crippen LogP contribution in [0.15, 0.2) is 30.5 Å². The Morgan fingerprint density at radius 3 is 3.10 bits per heavy atom. The van der Waals surface area contributed by atoms with Crippen LogP contribution >= 0.6 is 0 Å². The summed E-state index contributed by atoms with van der Waals surface area (Å²) in [5.74, 6) is 0. The molecule has 0 N–H and O–H groups in total. The Morgan fingerprint density at radius 1 is 1.40 bits per heavy atom. The molecule has 0 radical (unpaired) electrons. The van der Waals surface area contributed by atoms with Crippen molar-refractivity contribution in [2.45, 2.75) is 13.3 Å². The van der Waals surface area contributed by atoms with Crippen LogP contribution in [0.4, 0.5) is 0 Å². The van der Waals surface area contributed by atoms with E-state index in [0.717, 1.165) is 6.42 Å². The van der Waals surface area contributed by atoms with Crippen molar-refractivity contribution >= 4 is 5.70 Å². The van der Waals surface area contributed by atoms with Gasteiger partial charge in [-0.3, -0.25) is 0 Å². The van der Waals surface area contributed by atoms with E-state index in [4.69, 9.17) is 0 Å². The van der Waals surface area contributed by atoms with Gasteiger partial charge in [-0.1, -0.05) is 6.07 Å². The summed E-state index contributed by atoms with van der Waals surface area (Å²) >= 11 is 0. The van der Waals surface area contributed by atoms with Crippen LogP contribution in [0.1, 0.15) is 12.6 Å². The first-order valence-corrected chi connectivity index (χ1v) is 3.54. The standard InChI is InChI=1S/C9H10N/c1-8-5-6-9-4-2-3-7-10(8)9/h2-5,7H,6H2,1H3/q+1. The SMILES string of the molecule is CC1=CCc2cccc[n+]21. The van der Waals surface area contributed by atoms with Crippen LogP contribution in [-0.4, -0.2) is 0 Å². The van der Waals surface area contributed by atoms with Crippen LogP contribution in [0.2, 0.25) is 0 Å². The molecular weight excluding hydrogens is 122 g/mol. The topological polar surface area (TPSA) is 3.88 Å². The number of fused-ring (bicyclic) bond motifs is 1. The number of aromatic nitrogens is 1. The Morgan fingerprint density at radius 2 is 2.30 bits per heavy atom. The number of nitrogens with zero attached hydrogens (tertiary/aromatic N) is 1. The fourth-order valence-electron chi connectivity index (χ4n) is 1.34. The van der Waals surface area contributed by atoms with Crippen LogP contribution in [0, 0.1) is 0 Å².